The molecule has 112 valence electrons. The molecule has 1 unspecified atom stereocenters. The van der Waals surface area contributed by atoms with Crippen molar-refractivity contribution in [1.82, 2.24) is 15.0 Å². The lowest BCUT2D eigenvalue weighted by Gasteiger charge is -2.22. The van der Waals surface area contributed by atoms with E-state index in [-0.39, 0.29) is 24.8 Å². The summed E-state index contributed by atoms with van der Waals surface area (Å²) in [6.45, 7) is 1.76. The molecule has 4 rings (SSSR count). The van der Waals surface area contributed by atoms with E-state index in [1.54, 1.807) is 6.92 Å². The number of likely N-dealkylation sites (tertiary alicyclic amines) is 1. The number of aromatic nitrogens is 2. The molecule has 1 aliphatic carbocycles. The van der Waals surface area contributed by atoms with E-state index in [1.165, 1.54) is 10.5 Å². The third-order valence-corrected chi connectivity index (χ3v) is 4.63. The highest BCUT2D eigenvalue weighted by Gasteiger charge is 2.55. The average Bonchev–Trinajstić information content (AvgIpc) is 3.15. The molecule has 6 nitrogen and oxygen atoms in total. The smallest absolute Gasteiger partial charge is 0.246 e. The number of carbonyl (C=O) groups is 2. The molecule has 2 aromatic rings. The molecule has 1 aliphatic heterocycles. The van der Waals surface area contributed by atoms with Crippen molar-refractivity contribution in [1.29, 1.82) is 0 Å². The van der Waals surface area contributed by atoms with Crippen LogP contribution >= 0.6 is 0 Å². The third-order valence-electron chi connectivity index (χ3n) is 4.63. The molecule has 22 heavy (non-hydrogen) atoms. The number of hydrogen-bond acceptors (Lipinski definition) is 5. The number of carbonyl (C=O) groups excluding carboxylic acids is 2. The minimum absolute atomic E-state index is 0.0580. The summed E-state index contributed by atoms with van der Waals surface area (Å²) in [5.41, 5.74) is 1.47. The summed E-state index contributed by atoms with van der Waals surface area (Å²) >= 11 is 0. The molecular formula is C16H15N3O3. The molecule has 0 bridgehead atoms. The van der Waals surface area contributed by atoms with E-state index in [0.29, 0.717) is 18.1 Å². The van der Waals surface area contributed by atoms with Crippen LogP contribution in [0.25, 0.3) is 0 Å². The van der Waals surface area contributed by atoms with Crippen molar-refractivity contribution in [2.75, 3.05) is 0 Å². The van der Waals surface area contributed by atoms with Gasteiger partial charge in [-0.2, -0.15) is 4.98 Å². The first-order chi connectivity index (χ1) is 10.6. The molecule has 0 saturated carbocycles. The number of nitrogens with zero attached hydrogens (tertiary/aromatic N) is 3. The highest BCUT2D eigenvalue weighted by molar-refractivity contribution is 6.09. The van der Waals surface area contributed by atoms with Crippen molar-refractivity contribution in [3.8, 4) is 0 Å². The summed E-state index contributed by atoms with van der Waals surface area (Å²) in [5.74, 6) is 0.480. The van der Waals surface area contributed by atoms with Gasteiger partial charge in [0.15, 0.2) is 5.82 Å². The molecule has 1 fully saturated rings. The van der Waals surface area contributed by atoms with Crippen molar-refractivity contribution in [2.45, 2.75) is 38.1 Å². The van der Waals surface area contributed by atoms with Crippen LogP contribution < -0.4 is 0 Å². The van der Waals surface area contributed by atoms with Crippen LogP contribution in [-0.2, 0) is 28.0 Å². The van der Waals surface area contributed by atoms with Gasteiger partial charge in [-0.3, -0.25) is 14.5 Å². The predicted octanol–water partition coefficient (Wildman–Crippen LogP) is 1.52. The zero-order valence-electron chi connectivity index (χ0n) is 12.2. The molecule has 2 heterocycles. The Bertz CT molecular complexity index is 782. The van der Waals surface area contributed by atoms with Crippen molar-refractivity contribution in [3.05, 3.63) is 47.1 Å². The number of benzene rings is 1. The normalized spacial score (nSPS) is 23.6. The molecule has 1 aromatic carbocycles. The molecule has 6 heteroatoms. The summed E-state index contributed by atoms with van der Waals surface area (Å²) in [4.78, 5) is 30.6. The maximum absolute atomic E-state index is 12.9. The lowest BCUT2D eigenvalue weighted by molar-refractivity contribution is -0.141. The standard InChI is InChI=1S/C16H15N3O3/c1-10-17-13(22-18-10)9-19-14(20)8-16(15(19)21)7-6-11-4-2-3-5-12(11)16/h2-5H,6-9H2,1H3. The van der Waals surface area contributed by atoms with Gasteiger partial charge in [0.25, 0.3) is 0 Å². The van der Waals surface area contributed by atoms with Crippen LogP contribution in [0.1, 0.15) is 35.7 Å². The molecule has 2 aliphatic rings. The summed E-state index contributed by atoms with van der Waals surface area (Å²) in [6.07, 6.45) is 1.76. The summed E-state index contributed by atoms with van der Waals surface area (Å²) in [7, 11) is 0. The van der Waals surface area contributed by atoms with Gasteiger partial charge in [-0.05, 0) is 30.9 Å². The zero-order valence-corrected chi connectivity index (χ0v) is 12.2. The maximum atomic E-state index is 12.9. The van der Waals surface area contributed by atoms with Gasteiger partial charge in [-0.15, -0.1) is 0 Å². The molecule has 0 radical (unpaired) electrons. The van der Waals surface area contributed by atoms with Gasteiger partial charge < -0.3 is 4.52 Å². The van der Waals surface area contributed by atoms with Gasteiger partial charge in [-0.25, -0.2) is 0 Å². The Balaban J connectivity index is 1.68. The van der Waals surface area contributed by atoms with E-state index in [0.717, 1.165) is 12.0 Å². The summed E-state index contributed by atoms with van der Waals surface area (Å²) in [5, 5.41) is 3.70. The lowest BCUT2D eigenvalue weighted by Crippen LogP contribution is -2.36. The van der Waals surface area contributed by atoms with Gasteiger partial charge in [-0.1, -0.05) is 29.4 Å². The first-order valence-electron chi connectivity index (χ1n) is 7.32. The van der Waals surface area contributed by atoms with Crippen LogP contribution in [0.2, 0.25) is 0 Å². The number of rotatable bonds is 2. The Morgan fingerprint density at radius 1 is 1.32 bits per heavy atom. The number of aryl methyl sites for hydroxylation is 2. The van der Waals surface area contributed by atoms with Gasteiger partial charge in [0.05, 0.1) is 5.41 Å². The minimum atomic E-state index is -0.692. The maximum Gasteiger partial charge on any atom is 0.246 e. The molecular weight excluding hydrogens is 282 g/mol. The van der Waals surface area contributed by atoms with Crippen LogP contribution in [0.4, 0.5) is 0 Å². The van der Waals surface area contributed by atoms with Crippen LogP contribution in [0.15, 0.2) is 28.8 Å². The first-order valence-corrected chi connectivity index (χ1v) is 7.32. The summed E-state index contributed by atoms with van der Waals surface area (Å²) in [6, 6.07) is 7.89. The highest BCUT2D eigenvalue weighted by Crippen LogP contribution is 2.46. The third kappa shape index (κ3) is 1.73. The second-order valence-corrected chi connectivity index (χ2v) is 5.94. The van der Waals surface area contributed by atoms with E-state index in [1.807, 2.05) is 24.3 Å². The number of hydrogen-bond donors (Lipinski definition) is 0. The fraction of sp³-hybridized carbons (Fsp3) is 0.375. The zero-order chi connectivity index (χ0) is 15.3. The lowest BCUT2D eigenvalue weighted by atomic mass is 9.80. The Labute approximate surface area is 127 Å². The fourth-order valence-corrected chi connectivity index (χ4v) is 3.59. The van der Waals surface area contributed by atoms with Crippen LogP contribution in [-0.4, -0.2) is 26.9 Å². The second kappa shape index (κ2) is 4.50. The van der Waals surface area contributed by atoms with Gasteiger partial charge >= 0.3 is 0 Å². The predicted molar refractivity (Wildman–Crippen MR) is 75.7 cm³/mol. The van der Waals surface area contributed by atoms with E-state index in [4.69, 9.17) is 4.52 Å². The minimum Gasteiger partial charge on any atom is -0.337 e. The first kappa shape index (κ1) is 13.2. The molecule has 1 aromatic heterocycles. The monoisotopic (exact) mass is 297 g/mol. The van der Waals surface area contributed by atoms with E-state index in [2.05, 4.69) is 10.1 Å². The van der Waals surface area contributed by atoms with E-state index < -0.39 is 5.41 Å². The summed E-state index contributed by atoms with van der Waals surface area (Å²) < 4.78 is 5.04. The highest BCUT2D eigenvalue weighted by atomic mass is 16.5. The van der Waals surface area contributed by atoms with E-state index >= 15 is 0 Å². The molecule has 1 spiro atoms. The van der Waals surface area contributed by atoms with Gasteiger partial charge in [0, 0.05) is 6.42 Å². The quantitative estimate of drug-likeness (QED) is 0.786. The molecule has 0 N–H and O–H groups in total. The molecule has 2 amide bonds. The molecule has 1 saturated heterocycles. The van der Waals surface area contributed by atoms with Crippen LogP contribution in [0, 0.1) is 6.92 Å². The molecule has 1 atom stereocenters. The van der Waals surface area contributed by atoms with Crippen molar-refractivity contribution in [2.24, 2.45) is 0 Å². The van der Waals surface area contributed by atoms with Gasteiger partial charge in [0.1, 0.15) is 6.54 Å². The fourth-order valence-electron chi connectivity index (χ4n) is 3.59. The Morgan fingerprint density at radius 2 is 2.14 bits per heavy atom. The number of imide groups is 1. The van der Waals surface area contributed by atoms with E-state index in [9.17, 15) is 9.59 Å². The number of fused-ring (bicyclic) bond motifs is 2. The van der Waals surface area contributed by atoms with Crippen molar-refractivity contribution < 1.29 is 14.1 Å². The van der Waals surface area contributed by atoms with Crippen molar-refractivity contribution >= 4 is 11.8 Å². The Kier molecular flexibility index (Phi) is 2.69. The van der Waals surface area contributed by atoms with Gasteiger partial charge in [0.2, 0.25) is 17.7 Å². The number of amides is 2. The second-order valence-electron chi connectivity index (χ2n) is 5.94. The topological polar surface area (TPSA) is 76.3 Å². The average molecular weight is 297 g/mol. The Morgan fingerprint density at radius 3 is 2.91 bits per heavy atom. The Hall–Kier alpha value is -2.50. The largest absolute Gasteiger partial charge is 0.337 e. The van der Waals surface area contributed by atoms with Crippen LogP contribution in [0.3, 0.4) is 0 Å². The van der Waals surface area contributed by atoms with Crippen LogP contribution in [0.5, 0.6) is 0 Å². The SMILES string of the molecule is Cc1noc(CN2C(=O)CC3(CCc4ccccc43)C2=O)n1. The van der Waals surface area contributed by atoms with Crippen molar-refractivity contribution in [3.63, 3.8) is 0 Å².